The van der Waals surface area contributed by atoms with Crippen molar-refractivity contribution < 1.29 is 18.8 Å². The lowest BCUT2D eigenvalue weighted by Gasteiger charge is -1.97. The van der Waals surface area contributed by atoms with Gasteiger partial charge in [-0.05, 0) is 36.4 Å². The maximum atomic E-state index is 11.3. The van der Waals surface area contributed by atoms with Gasteiger partial charge in [0.25, 0.3) is 0 Å². The van der Waals surface area contributed by atoms with E-state index in [9.17, 15) is 9.59 Å². The molecule has 0 fully saturated rings. The van der Waals surface area contributed by atoms with Crippen molar-refractivity contribution in [3.8, 4) is 0 Å². The van der Waals surface area contributed by atoms with E-state index >= 15 is 0 Å². The van der Waals surface area contributed by atoms with E-state index in [4.69, 9.17) is 4.42 Å². The van der Waals surface area contributed by atoms with Crippen LogP contribution in [0.2, 0.25) is 0 Å². The van der Waals surface area contributed by atoms with Gasteiger partial charge in [0.05, 0.1) is 6.26 Å². The molecule has 1 aliphatic carbocycles. The number of ketones is 1. The van der Waals surface area contributed by atoms with Gasteiger partial charge in [0, 0.05) is 0 Å². The first-order valence-corrected chi connectivity index (χ1v) is 4.49. The van der Waals surface area contributed by atoms with Crippen molar-refractivity contribution >= 4 is 17.5 Å². The van der Waals surface area contributed by atoms with Crippen LogP contribution in [0.1, 0.15) is 10.6 Å². The molecule has 80 valence electrons. The summed E-state index contributed by atoms with van der Waals surface area (Å²) in [6, 6.07) is 3.04. The van der Waals surface area contributed by atoms with Gasteiger partial charge in [0.1, 0.15) is 5.71 Å². The Kier molecular flexibility index (Phi) is 2.77. The summed E-state index contributed by atoms with van der Waals surface area (Å²) < 4.78 is 4.82. The number of furan rings is 1. The molecule has 0 unspecified atom stereocenters. The van der Waals surface area contributed by atoms with Crippen LogP contribution in [0.25, 0.3) is 0 Å². The molecule has 0 aliphatic heterocycles. The van der Waals surface area contributed by atoms with Crippen molar-refractivity contribution in [2.45, 2.75) is 0 Å². The minimum atomic E-state index is -0.684. The summed E-state index contributed by atoms with van der Waals surface area (Å²) in [6.45, 7) is 0. The highest BCUT2D eigenvalue weighted by Crippen LogP contribution is 2.03. The van der Waals surface area contributed by atoms with Crippen LogP contribution in [0.5, 0.6) is 0 Å². The number of allylic oxidation sites excluding steroid dienone is 4. The lowest BCUT2D eigenvalue weighted by Crippen LogP contribution is -2.04. The summed E-state index contributed by atoms with van der Waals surface area (Å²) in [5.74, 6) is -0.739. The van der Waals surface area contributed by atoms with E-state index in [1.807, 2.05) is 0 Å². The van der Waals surface area contributed by atoms with Crippen molar-refractivity contribution in [1.82, 2.24) is 0 Å². The average molecular weight is 217 g/mol. The third-order valence-corrected chi connectivity index (χ3v) is 1.79. The fourth-order valence-corrected chi connectivity index (χ4v) is 1.04. The summed E-state index contributed by atoms with van der Waals surface area (Å²) in [7, 11) is 0. The first-order valence-electron chi connectivity index (χ1n) is 4.49. The molecule has 5 nitrogen and oxygen atoms in total. The monoisotopic (exact) mass is 217 g/mol. The number of hydrogen-bond acceptors (Lipinski definition) is 5. The van der Waals surface area contributed by atoms with E-state index in [2.05, 4.69) is 9.99 Å². The third kappa shape index (κ3) is 2.33. The van der Waals surface area contributed by atoms with E-state index < -0.39 is 5.97 Å². The van der Waals surface area contributed by atoms with Crippen LogP contribution >= 0.6 is 0 Å². The zero-order chi connectivity index (χ0) is 11.4. The number of nitrogens with zero attached hydrogens (tertiary/aromatic N) is 1. The molecule has 1 aromatic heterocycles. The number of carbonyl (C=O) groups excluding carboxylic acids is 2. The molecule has 1 heterocycles. The van der Waals surface area contributed by atoms with Gasteiger partial charge in [-0.1, -0.05) is 5.16 Å². The summed E-state index contributed by atoms with van der Waals surface area (Å²) >= 11 is 0. The van der Waals surface area contributed by atoms with Gasteiger partial charge in [0.2, 0.25) is 5.76 Å². The standard InChI is InChI=1S/C11H7NO4/c13-9-5-3-8(4-6-9)12-16-11(14)10-2-1-7-15-10/h1-7H. The van der Waals surface area contributed by atoms with Crippen LogP contribution in [-0.4, -0.2) is 17.5 Å². The van der Waals surface area contributed by atoms with E-state index in [1.54, 1.807) is 6.07 Å². The maximum Gasteiger partial charge on any atom is 0.400 e. The predicted octanol–water partition coefficient (Wildman–Crippen LogP) is 1.49. The number of carbonyl (C=O) groups is 2. The van der Waals surface area contributed by atoms with Gasteiger partial charge < -0.3 is 9.25 Å². The summed E-state index contributed by atoms with van der Waals surface area (Å²) in [5.41, 5.74) is 0.388. The molecule has 0 spiro atoms. The average Bonchev–Trinajstić information content (AvgIpc) is 2.81. The van der Waals surface area contributed by atoms with Crippen LogP contribution < -0.4 is 0 Å². The highest BCUT2D eigenvalue weighted by Gasteiger charge is 2.10. The zero-order valence-electron chi connectivity index (χ0n) is 8.12. The SMILES string of the molecule is O=C1C=CC(=NOC(=O)c2ccco2)C=C1. The van der Waals surface area contributed by atoms with E-state index in [0.717, 1.165) is 0 Å². The molecule has 0 atom stereocenters. The predicted molar refractivity (Wildman–Crippen MR) is 54.8 cm³/mol. The Morgan fingerprint density at radius 2 is 2.00 bits per heavy atom. The second-order valence-corrected chi connectivity index (χ2v) is 2.94. The highest BCUT2D eigenvalue weighted by atomic mass is 16.7. The molecule has 16 heavy (non-hydrogen) atoms. The molecule has 0 amide bonds. The van der Waals surface area contributed by atoms with E-state index in [-0.39, 0.29) is 11.5 Å². The number of rotatable bonds is 2. The minimum absolute atomic E-state index is 0.0733. The van der Waals surface area contributed by atoms with Gasteiger partial charge in [0.15, 0.2) is 5.78 Å². The Morgan fingerprint density at radius 1 is 1.25 bits per heavy atom. The molecule has 1 aliphatic rings. The second kappa shape index (κ2) is 4.39. The van der Waals surface area contributed by atoms with Crippen molar-refractivity contribution in [1.29, 1.82) is 0 Å². The van der Waals surface area contributed by atoms with Gasteiger partial charge in [-0.15, -0.1) is 0 Å². The Balaban J connectivity index is 2.00. The smallest absolute Gasteiger partial charge is 0.400 e. The Hall–Kier alpha value is -2.43. The maximum absolute atomic E-state index is 11.3. The molecule has 0 aromatic carbocycles. The highest BCUT2D eigenvalue weighted by molar-refractivity contribution is 6.16. The van der Waals surface area contributed by atoms with E-state index in [1.165, 1.54) is 36.6 Å². The number of oxime groups is 1. The lowest BCUT2D eigenvalue weighted by atomic mass is 10.2. The van der Waals surface area contributed by atoms with E-state index in [0.29, 0.717) is 5.71 Å². The normalized spacial score (nSPS) is 14.0. The number of hydrogen-bond donors (Lipinski definition) is 0. The second-order valence-electron chi connectivity index (χ2n) is 2.94. The van der Waals surface area contributed by atoms with Gasteiger partial charge >= 0.3 is 5.97 Å². The topological polar surface area (TPSA) is 68.9 Å². The van der Waals surface area contributed by atoms with Gasteiger partial charge in [-0.3, -0.25) is 4.79 Å². The van der Waals surface area contributed by atoms with Crippen LogP contribution in [0.15, 0.2) is 52.3 Å². The Bertz CT molecular complexity index is 476. The van der Waals surface area contributed by atoms with Crippen LogP contribution in [0.3, 0.4) is 0 Å². The summed E-state index contributed by atoms with van der Waals surface area (Å²) in [6.07, 6.45) is 6.94. The van der Waals surface area contributed by atoms with Crippen molar-refractivity contribution in [2.75, 3.05) is 0 Å². The molecule has 0 radical (unpaired) electrons. The largest absolute Gasteiger partial charge is 0.457 e. The third-order valence-electron chi connectivity index (χ3n) is 1.79. The summed E-state index contributed by atoms with van der Waals surface area (Å²) in [5, 5.41) is 3.55. The first kappa shape index (κ1) is 10.1. The molecular weight excluding hydrogens is 210 g/mol. The van der Waals surface area contributed by atoms with Crippen molar-refractivity contribution in [3.05, 3.63) is 48.5 Å². The fourth-order valence-electron chi connectivity index (χ4n) is 1.04. The molecule has 1 aromatic rings. The minimum Gasteiger partial charge on any atom is -0.457 e. The Morgan fingerprint density at radius 3 is 2.62 bits per heavy atom. The molecule has 0 N–H and O–H groups in total. The molecule has 2 rings (SSSR count). The zero-order valence-corrected chi connectivity index (χ0v) is 8.12. The first-order chi connectivity index (χ1) is 7.75. The molecule has 0 bridgehead atoms. The molecule has 0 saturated carbocycles. The molecular formula is C11H7NO4. The lowest BCUT2D eigenvalue weighted by molar-refractivity contribution is -0.110. The van der Waals surface area contributed by atoms with Gasteiger partial charge in [-0.2, -0.15) is 0 Å². The Labute approximate surface area is 90.7 Å². The van der Waals surface area contributed by atoms with Gasteiger partial charge in [-0.25, -0.2) is 4.79 Å². The summed E-state index contributed by atoms with van der Waals surface area (Å²) in [4.78, 5) is 26.7. The molecule has 5 heteroatoms. The fraction of sp³-hybridized carbons (Fsp3) is 0. The van der Waals surface area contributed by atoms with Crippen molar-refractivity contribution in [2.24, 2.45) is 5.16 Å². The molecule has 0 saturated heterocycles. The van der Waals surface area contributed by atoms with Crippen LogP contribution in [0.4, 0.5) is 0 Å². The quantitative estimate of drug-likeness (QED) is 0.427. The van der Waals surface area contributed by atoms with Crippen LogP contribution in [-0.2, 0) is 9.63 Å². The van der Waals surface area contributed by atoms with Crippen molar-refractivity contribution in [3.63, 3.8) is 0 Å². The van der Waals surface area contributed by atoms with Crippen LogP contribution in [0, 0.1) is 0 Å².